The largest absolute Gasteiger partial charge is 0.318 e. The quantitative estimate of drug-likeness (QED) is 0.812. The Morgan fingerprint density at radius 2 is 2.14 bits per heavy atom. The predicted octanol–water partition coefficient (Wildman–Crippen LogP) is 1.97. The van der Waals surface area contributed by atoms with Crippen LogP contribution in [-0.2, 0) is 16.6 Å². The van der Waals surface area contributed by atoms with E-state index in [1.807, 2.05) is 20.0 Å². The summed E-state index contributed by atoms with van der Waals surface area (Å²) in [5.41, 5.74) is 1.39. The molecule has 0 unspecified atom stereocenters. The van der Waals surface area contributed by atoms with E-state index in [2.05, 4.69) is 31.1 Å². The lowest BCUT2D eigenvalue weighted by atomic mass is 10.2. The summed E-state index contributed by atoms with van der Waals surface area (Å²) >= 11 is 3.38. The molecule has 114 valence electrons. The van der Waals surface area contributed by atoms with E-state index < -0.39 is 10.0 Å². The van der Waals surface area contributed by atoms with Gasteiger partial charge in [0.15, 0.2) is 0 Å². The number of halogens is 1. The minimum absolute atomic E-state index is 0.151. The summed E-state index contributed by atoms with van der Waals surface area (Å²) in [7, 11) is -1.80. The molecule has 2 aromatic rings. The van der Waals surface area contributed by atoms with Gasteiger partial charge in [-0.2, -0.15) is 5.10 Å². The van der Waals surface area contributed by atoms with Gasteiger partial charge in [-0.1, -0.05) is 22.0 Å². The van der Waals surface area contributed by atoms with Crippen LogP contribution in [0.5, 0.6) is 0 Å². The zero-order valence-corrected chi connectivity index (χ0v) is 14.2. The Kier molecular flexibility index (Phi) is 5.02. The number of benzene rings is 1. The first-order chi connectivity index (χ1) is 9.94. The zero-order chi connectivity index (χ0) is 15.5. The molecule has 0 bridgehead atoms. The zero-order valence-electron chi connectivity index (χ0n) is 11.8. The van der Waals surface area contributed by atoms with Crippen LogP contribution >= 0.6 is 15.9 Å². The molecular formula is C13H17BrN4O2S. The first-order valence-electron chi connectivity index (χ1n) is 6.39. The molecule has 0 aliphatic rings. The molecule has 1 aromatic heterocycles. The summed E-state index contributed by atoms with van der Waals surface area (Å²) in [5.74, 6) is 0. The highest BCUT2D eigenvalue weighted by Crippen LogP contribution is 2.25. The first-order valence-corrected chi connectivity index (χ1v) is 8.66. The number of anilines is 1. The number of nitrogens with zero attached hydrogens (tertiary/aromatic N) is 2. The van der Waals surface area contributed by atoms with Gasteiger partial charge < -0.3 is 5.32 Å². The van der Waals surface area contributed by atoms with Crippen molar-refractivity contribution in [3.63, 3.8) is 0 Å². The van der Waals surface area contributed by atoms with E-state index in [9.17, 15) is 8.42 Å². The van der Waals surface area contributed by atoms with E-state index in [0.29, 0.717) is 12.2 Å². The minimum atomic E-state index is -3.63. The third kappa shape index (κ3) is 3.84. The molecule has 21 heavy (non-hydrogen) atoms. The molecule has 0 aliphatic carbocycles. The second kappa shape index (κ2) is 6.59. The third-order valence-corrected chi connectivity index (χ3v) is 5.20. The summed E-state index contributed by atoms with van der Waals surface area (Å²) in [5, 5.41) is 7.04. The molecule has 6 nitrogen and oxygen atoms in total. The Labute approximate surface area is 132 Å². The smallest absolute Gasteiger partial charge is 0.265 e. The number of likely N-dealkylation sites (N-methyl/N-ethyl adjacent to an activating group) is 1. The molecule has 1 aromatic carbocycles. The lowest BCUT2D eigenvalue weighted by Crippen LogP contribution is -2.15. The van der Waals surface area contributed by atoms with Crippen molar-refractivity contribution < 1.29 is 8.42 Å². The van der Waals surface area contributed by atoms with Gasteiger partial charge in [-0.15, -0.1) is 0 Å². The molecule has 2 rings (SSSR count). The first kappa shape index (κ1) is 16.0. The predicted molar refractivity (Wildman–Crippen MR) is 85.8 cm³/mol. The molecule has 0 saturated carbocycles. The summed E-state index contributed by atoms with van der Waals surface area (Å²) in [6.07, 6.45) is 2.87. The van der Waals surface area contributed by atoms with Crippen LogP contribution in [0, 0.1) is 6.92 Å². The molecule has 0 saturated heterocycles. The Bertz CT molecular complexity index is 728. The number of rotatable bonds is 6. The Morgan fingerprint density at radius 1 is 1.38 bits per heavy atom. The van der Waals surface area contributed by atoms with Crippen LogP contribution in [-0.4, -0.2) is 31.8 Å². The second-order valence-electron chi connectivity index (χ2n) is 4.56. The van der Waals surface area contributed by atoms with Gasteiger partial charge in [-0.25, -0.2) is 8.42 Å². The van der Waals surface area contributed by atoms with Crippen molar-refractivity contribution in [3.8, 4) is 0 Å². The molecular weight excluding hydrogens is 356 g/mol. The van der Waals surface area contributed by atoms with Crippen LogP contribution < -0.4 is 10.0 Å². The van der Waals surface area contributed by atoms with Gasteiger partial charge >= 0.3 is 0 Å². The number of hydrogen-bond donors (Lipinski definition) is 2. The van der Waals surface area contributed by atoms with Gasteiger partial charge in [0.2, 0.25) is 0 Å². The van der Waals surface area contributed by atoms with Gasteiger partial charge in [0.1, 0.15) is 4.90 Å². The van der Waals surface area contributed by atoms with Crippen molar-refractivity contribution in [1.82, 2.24) is 15.1 Å². The fraction of sp³-hybridized carbons (Fsp3) is 0.308. The third-order valence-electron chi connectivity index (χ3n) is 3.02. The average Bonchev–Trinajstić information content (AvgIpc) is 2.91. The maximum atomic E-state index is 12.4. The Morgan fingerprint density at radius 3 is 2.86 bits per heavy atom. The highest BCUT2D eigenvalue weighted by molar-refractivity contribution is 9.10. The topological polar surface area (TPSA) is 76.0 Å². The standard InChI is InChI=1S/C13H17BrN4O2S/c1-10-12(14)4-3-5-13(10)17-21(19,20)11-8-16-18(9-11)7-6-15-2/h3-5,8-9,15,17H,6-7H2,1-2H3. The van der Waals surface area contributed by atoms with E-state index in [0.717, 1.165) is 16.6 Å². The number of sulfonamides is 1. The average molecular weight is 373 g/mol. The second-order valence-corrected chi connectivity index (χ2v) is 7.10. The summed E-state index contributed by atoms with van der Waals surface area (Å²) < 4.78 is 29.8. The van der Waals surface area contributed by atoms with Gasteiger partial charge in [-0.05, 0) is 31.7 Å². The highest BCUT2D eigenvalue weighted by Gasteiger charge is 2.18. The summed E-state index contributed by atoms with van der Waals surface area (Å²) in [4.78, 5) is 0.151. The molecule has 0 fully saturated rings. The van der Waals surface area contributed by atoms with E-state index in [-0.39, 0.29) is 4.90 Å². The van der Waals surface area contributed by atoms with Gasteiger partial charge in [0.05, 0.1) is 18.4 Å². The van der Waals surface area contributed by atoms with Crippen molar-refractivity contribution in [2.75, 3.05) is 18.3 Å². The molecule has 1 heterocycles. The molecule has 8 heteroatoms. The van der Waals surface area contributed by atoms with E-state index in [1.165, 1.54) is 12.4 Å². The van der Waals surface area contributed by atoms with Gasteiger partial charge in [0.25, 0.3) is 10.0 Å². The van der Waals surface area contributed by atoms with Crippen LogP contribution in [0.4, 0.5) is 5.69 Å². The molecule has 0 aliphatic heterocycles. The van der Waals surface area contributed by atoms with Crippen LogP contribution in [0.15, 0.2) is 40.0 Å². The Balaban J connectivity index is 2.22. The SMILES string of the molecule is CNCCn1cc(S(=O)(=O)Nc2cccc(Br)c2C)cn1. The molecule has 2 N–H and O–H groups in total. The van der Waals surface area contributed by atoms with Crippen molar-refractivity contribution in [1.29, 1.82) is 0 Å². The molecule has 0 amide bonds. The maximum absolute atomic E-state index is 12.4. The number of nitrogens with one attached hydrogen (secondary N) is 2. The van der Waals surface area contributed by atoms with Crippen LogP contribution in [0.1, 0.15) is 5.56 Å². The summed E-state index contributed by atoms with van der Waals surface area (Å²) in [6, 6.07) is 5.37. The lowest BCUT2D eigenvalue weighted by Gasteiger charge is -2.10. The van der Waals surface area contributed by atoms with Gasteiger partial charge in [0, 0.05) is 17.2 Å². The van der Waals surface area contributed by atoms with Crippen molar-refractivity contribution in [3.05, 3.63) is 40.6 Å². The van der Waals surface area contributed by atoms with Gasteiger partial charge in [-0.3, -0.25) is 9.40 Å². The fourth-order valence-electron chi connectivity index (χ4n) is 1.75. The maximum Gasteiger partial charge on any atom is 0.265 e. The van der Waals surface area contributed by atoms with Crippen LogP contribution in [0.3, 0.4) is 0 Å². The molecule has 0 radical (unpaired) electrons. The van der Waals surface area contributed by atoms with Crippen molar-refractivity contribution in [2.45, 2.75) is 18.4 Å². The number of aromatic nitrogens is 2. The van der Waals surface area contributed by atoms with Crippen molar-refractivity contribution in [2.24, 2.45) is 0 Å². The van der Waals surface area contributed by atoms with Crippen molar-refractivity contribution >= 4 is 31.6 Å². The number of hydrogen-bond acceptors (Lipinski definition) is 4. The molecule has 0 atom stereocenters. The fourth-order valence-corrected chi connectivity index (χ4v) is 3.19. The molecule has 0 spiro atoms. The van der Waals surface area contributed by atoms with Crippen LogP contribution in [0.2, 0.25) is 0 Å². The van der Waals surface area contributed by atoms with Crippen LogP contribution in [0.25, 0.3) is 0 Å². The van der Waals surface area contributed by atoms with E-state index in [1.54, 1.807) is 16.8 Å². The lowest BCUT2D eigenvalue weighted by molar-refractivity contribution is 0.582. The summed E-state index contributed by atoms with van der Waals surface area (Å²) in [6.45, 7) is 3.18. The highest BCUT2D eigenvalue weighted by atomic mass is 79.9. The van der Waals surface area contributed by atoms with E-state index >= 15 is 0 Å². The minimum Gasteiger partial charge on any atom is -0.318 e. The Hall–Kier alpha value is -1.38. The monoisotopic (exact) mass is 372 g/mol. The normalized spacial score (nSPS) is 11.6. The van der Waals surface area contributed by atoms with E-state index in [4.69, 9.17) is 0 Å².